The Hall–Kier alpha value is -2.51. The predicted molar refractivity (Wildman–Crippen MR) is 113 cm³/mol. The Kier molecular flexibility index (Phi) is 6.29. The second-order valence-electron chi connectivity index (χ2n) is 7.71. The number of halogens is 2. The molecule has 7 heteroatoms. The molecule has 0 fully saturated rings. The highest BCUT2D eigenvalue weighted by atomic mass is 19.2. The molecule has 160 valence electrons. The van der Waals surface area contributed by atoms with E-state index in [4.69, 9.17) is 14.5 Å². The fourth-order valence-electron chi connectivity index (χ4n) is 4.14. The van der Waals surface area contributed by atoms with Crippen LogP contribution >= 0.6 is 0 Å². The molecule has 0 aromatic rings. The van der Waals surface area contributed by atoms with E-state index in [1.165, 1.54) is 17.3 Å². The maximum Gasteiger partial charge on any atom is 0.160 e. The van der Waals surface area contributed by atoms with Crippen LogP contribution in [0.25, 0.3) is 0 Å². The fraction of sp³-hybridized carbons (Fsp3) is 0.435. The van der Waals surface area contributed by atoms with Gasteiger partial charge in [-0.3, -0.25) is 0 Å². The number of hydrogen-bond donors (Lipinski definition) is 1. The zero-order valence-corrected chi connectivity index (χ0v) is 17.3. The van der Waals surface area contributed by atoms with E-state index in [2.05, 4.69) is 23.3 Å². The first-order valence-electron chi connectivity index (χ1n) is 10.3. The number of methoxy groups -OCH3 is 1. The number of amidine groups is 1. The Bertz CT molecular complexity index is 911. The average molecular weight is 415 g/mol. The molecule has 2 bridgehead atoms. The molecule has 0 aromatic heterocycles. The lowest BCUT2D eigenvalue weighted by atomic mass is 9.85. The van der Waals surface area contributed by atoms with E-state index in [1.54, 1.807) is 13.2 Å². The molecular formula is C23H27F2N3O2. The van der Waals surface area contributed by atoms with E-state index < -0.39 is 11.7 Å². The minimum atomic E-state index is -0.877. The van der Waals surface area contributed by atoms with Gasteiger partial charge in [0, 0.05) is 38.0 Å². The highest BCUT2D eigenvalue weighted by molar-refractivity contribution is 5.95. The van der Waals surface area contributed by atoms with Crippen molar-refractivity contribution in [2.24, 2.45) is 4.99 Å². The lowest BCUT2D eigenvalue weighted by Crippen LogP contribution is -2.36. The number of likely N-dealkylation sites (N-methyl/N-ethyl adjacent to an activating group) is 1. The van der Waals surface area contributed by atoms with Crippen LogP contribution in [0.1, 0.15) is 25.7 Å². The summed E-state index contributed by atoms with van der Waals surface area (Å²) in [5, 5.41) is 3.14. The Morgan fingerprint density at radius 2 is 2.07 bits per heavy atom. The van der Waals surface area contributed by atoms with Gasteiger partial charge in [0.05, 0.1) is 19.3 Å². The third-order valence-corrected chi connectivity index (χ3v) is 5.73. The SMILES string of the molecule is COCCOC1CCC2=C(C1)C1=CC(N=C(NC3=CCC=C(F)C(F)=C3)C=C1)N2C. The summed E-state index contributed by atoms with van der Waals surface area (Å²) in [6.45, 7) is 1.20. The van der Waals surface area contributed by atoms with Crippen molar-refractivity contribution in [3.05, 3.63) is 70.7 Å². The molecule has 2 unspecified atom stereocenters. The molecule has 2 aliphatic carbocycles. The Balaban J connectivity index is 1.49. The van der Waals surface area contributed by atoms with Gasteiger partial charge in [-0.2, -0.15) is 0 Å². The molecule has 0 saturated carbocycles. The van der Waals surface area contributed by atoms with E-state index in [9.17, 15) is 8.78 Å². The number of nitrogens with one attached hydrogen (secondary N) is 1. The Morgan fingerprint density at radius 1 is 1.20 bits per heavy atom. The molecule has 5 nitrogen and oxygen atoms in total. The van der Waals surface area contributed by atoms with Crippen LogP contribution in [0, 0.1) is 0 Å². The van der Waals surface area contributed by atoms with Crippen LogP contribution in [0.2, 0.25) is 0 Å². The van der Waals surface area contributed by atoms with Crippen molar-refractivity contribution in [3.8, 4) is 0 Å². The smallest absolute Gasteiger partial charge is 0.160 e. The number of hydrogen-bond acceptors (Lipinski definition) is 5. The third kappa shape index (κ3) is 4.47. The molecule has 2 heterocycles. The topological polar surface area (TPSA) is 46.1 Å². The summed E-state index contributed by atoms with van der Waals surface area (Å²) in [5.41, 5.74) is 4.23. The summed E-state index contributed by atoms with van der Waals surface area (Å²) in [7, 11) is 3.73. The molecule has 2 atom stereocenters. The number of nitrogens with zero attached hydrogens (tertiary/aromatic N) is 2. The van der Waals surface area contributed by atoms with Crippen molar-refractivity contribution in [1.29, 1.82) is 0 Å². The summed E-state index contributed by atoms with van der Waals surface area (Å²) in [5.74, 6) is -1.10. The van der Waals surface area contributed by atoms with Crippen molar-refractivity contribution in [2.45, 2.75) is 38.0 Å². The number of fused-ring (bicyclic) bond motifs is 2. The minimum Gasteiger partial charge on any atom is -0.382 e. The molecule has 0 radical (unpaired) electrons. The van der Waals surface area contributed by atoms with Crippen molar-refractivity contribution in [3.63, 3.8) is 0 Å². The molecule has 2 aliphatic heterocycles. The largest absolute Gasteiger partial charge is 0.382 e. The molecular weight excluding hydrogens is 388 g/mol. The predicted octanol–water partition coefficient (Wildman–Crippen LogP) is 4.21. The van der Waals surface area contributed by atoms with Gasteiger partial charge < -0.3 is 19.7 Å². The zero-order valence-electron chi connectivity index (χ0n) is 17.3. The van der Waals surface area contributed by atoms with Gasteiger partial charge >= 0.3 is 0 Å². The summed E-state index contributed by atoms with van der Waals surface area (Å²) in [6.07, 6.45) is 13.3. The second kappa shape index (κ2) is 9.10. The highest BCUT2D eigenvalue weighted by Gasteiger charge is 2.32. The second-order valence-corrected chi connectivity index (χ2v) is 7.71. The number of ether oxygens (including phenoxy) is 2. The number of rotatable bonds is 5. The van der Waals surface area contributed by atoms with Crippen LogP contribution in [0.5, 0.6) is 0 Å². The van der Waals surface area contributed by atoms with Crippen molar-refractivity contribution in [1.82, 2.24) is 10.2 Å². The normalized spacial score (nSPS) is 26.0. The quantitative estimate of drug-likeness (QED) is 0.684. The van der Waals surface area contributed by atoms with Gasteiger partial charge in [-0.1, -0.05) is 12.2 Å². The van der Waals surface area contributed by atoms with Crippen LogP contribution in [0.3, 0.4) is 0 Å². The molecule has 30 heavy (non-hydrogen) atoms. The lowest BCUT2D eigenvalue weighted by Gasteiger charge is -2.38. The fourth-order valence-corrected chi connectivity index (χ4v) is 4.14. The van der Waals surface area contributed by atoms with Crippen LogP contribution in [-0.4, -0.2) is 50.4 Å². The minimum absolute atomic E-state index is 0.141. The van der Waals surface area contributed by atoms with Crippen LogP contribution in [0.4, 0.5) is 8.78 Å². The molecule has 4 aliphatic rings. The van der Waals surface area contributed by atoms with Crippen molar-refractivity contribution in [2.75, 3.05) is 27.4 Å². The van der Waals surface area contributed by atoms with Crippen molar-refractivity contribution >= 4 is 5.84 Å². The molecule has 0 spiro atoms. The van der Waals surface area contributed by atoms with Gasteiger partial charge in [0.1, 0.15) is 12.0 Å². The molecule has 4 rings (SSSR count). The summed E-state index contributed by atoms with van der Waals surface area (Å²) < 4.78 is 38.3. The van der Waals surface area contributed by atoms with Gasteiger partial charge in [0.2, 0.25) is 0 Å². The van der Waals surface area contributed by atoms with Crippen LogP contribution in [-0.2, 0) is 9.47 Å². The zero-order chi connectivity index (χ0) is 21.1. The monoisotopic (exact) mass is 415 g/mol. The Labute approximate surface area is 175 Å². The van der Waals surface area contributed by atoms with Gasteiger partial charge in [0.15, 0.2) is 11.7 Å². The maximum absolute atomic E-state index is 13.8. The highest BCUT2D eigenvalue weighted by Crippen LogP contribution is 2.38. The van der Waals surface area contributed by atoms with Gasteiger partial charge in [-0.05, 0) is 48.6 Å². The summed E-state index contributed by atoms with van der Waals surface area (Å²) in [6, 6.07) is 0. The standard InChI is InChI=1S/C23H27F2N3O2/c1-28-21-8-7-17(30-11-10-29-2)14-18(21)15-6-9-22(27-23(28)12-15)26-16-4-3-5-19(24)20(25)13-16/h4-6,9,12-13,17,23H,3,7-8,10-11,14H2,1-2H3,(H,26,27). The summed E-state index contributed by atoms with van der Waals surface area (Å²) >= 11 is 0. The van der Waals surface area contributed by atoms with E-state index in [0.717, 1.165) is 30.9 Å². The van der Waals surface area contributed by atoms with Crippen LogP contribution in [0.15, 0.2) is 75.6 Å². The van der Waals surface area contributed by atoms with Gasteiger partial charge in [-0.25, -0.2) is 13.8 Å². The lowest BCUT2D eigenvalue weighted by molar-refractivity contribution is 0.00940. The van der Waals surface area contributed by atoms with E-state index in [0.29, 0.717) is 31.2 Å². The van der Waals surface area contributed by atoms with Gasteiger partial charge in [-0.15, -0.1) is 0 Å². The first-order valence-corrected chi connectivity index (χ1v) is 10.3. The molecule has 0 saturated heterocycles. The van der Waals surface area contributed by atoms with Crippen molar-refractivity contribution < 1.29 is 18.3 Å². The number of allylic oxidation sites excluding steroid dienone is 8. The van der Waals surface area contributed by atoms with E-state index in [1.807, 2.05) is 12.2 Å². The van der Waals surface area contributed by atoms with Crippen LogP contribution < -0.4 is 5.32 Å². The maximum atomic E-state index is 13.8. The molecule has 0 aromatic carbocycles. The molecule has 0 amide bonds. The van der Waals surface area contributed by atoms with E-state index >= 15 is 0 Å². The average Bonchev–Trinajstić information content (AvgIpc) is 3.02. The molecule has 1 N–H and O–H groups in total. The summed E-state index contributed by atoms with van der Waals surface area (Å²) in [4.78, 5) is 6.99. The Morgan fingerprint density at radius 3 is 2.90 bits per heavy atom. The first kappa shape index (κ1) is 20.8. The number of aliphatic imine (C=N–C) groups is 1. The third-order valence-electron chi connectivity index (χ3n) is 5.73. The van der Waals surface area contributed by atoms with E-state index in [-0.39, 0.29) is 12.3 Å². The first-order chi connectivity index (χ1) is 14.5. The van der Waals surface area contributed by atoms with Gasteiger partial charge in [0.25, 0.3) is 0 Å².